The summed E-state index contributed by atoms with van der Waals surface area (Å²) >= 11 is 0. The molecule has 0 bridgehead atoms. The van der Waals surface area contributed by atoms with Crippen molar-refractivity contribution in [2.24, 2.45) is 0 Å². The first-order chi connectivity index (χ1) is 15.5. The van der Waals surface area contributed by atoms with Gasteiger partial charge >= 0.3 is 0 Å². The lowest BCUT2D eigenvalue weighted by molar-refractivity contribution is 0.0696. The predicted molar refractivity (Wildman–Crippen MR) is 109 cm³/mol. The molecule has 4 heterocycles. The monoisotopic (exact) mass is 444 g/mol. The molecular formula is C22H22F2N4O4. The van der Waals surface area contributed by atoms with Gasteiger partial charge in [-0.3, -0.25) is 9.78 Å². The van der Waals surface area contributed by atoms with Gasteiger partial charge in [-0.2, -0.15) is 0 Å². The van der Waals surface area contributed by atoms with Crippen LogP contribution in [0.3, 0.4) is 0 Å². The van der Waals surface area contributed by atoms with Crippen molar-refractivity contribution in [3.63, 3.8) is 0 Å². The van der Waals surface area contributed by atoms with E-state index in [-0.39, 0.29) is 35.7 Å². The van der Waals surface area contributed by atoms with Crippen LogP contribution in [-0.2, 0) is 11.3 Å². The second-order valence-corrected chi connectivity index (χ2v) is 7.40. The minimum atomic E-state index is -2.85. The number of hydrogen-bond donors (Lipinski definition) is 1. The molecule has 8 nitrogen and oxygen atoms in total. The fourth-order valence-corrected chi connectivity index (χ4v) is 3.32. The smallest absolute Gasteiger partial charge is 0.298 e. The van der Waals surface area contributed by atoms with Gasteiger partial charge in [-0.15, -0.1) is 0 Å². The Morgan fingerprint density at radius 2 is 2.00 bits per heavy atom. The predicted octanol–water partition coefficient (Wildman–Crippen LogP) is 3.87. The van der Waals surface area contributed by atoms with Crippen molar-refractivity contribution >= 4 is 5.91 Å². The molecule has 0 spiro atoms. The van der Waals surface area contributed by atoms with E-state index in [2.05, 4.69) is 20.4 Å². The van der Waals surface area contributed by atoms with Crippen molar-refractivity contribution in [2.75, 3.05) is 13.2 Å². The average Bonchev–Trinajstić information content (AvgIpc) is 3.23. The molecule has 3 aromatic heterocycles. The number of aryl methyl sites for hydroxylation is 1. The number of alkyl halides is 2. The molecule has 1 saturated heterocycles. The van der Waals surface area contributed by atoms with Gasteiger partial charge in [0.15, 0.2) is 0 Å². The molecule has 0 unspecified atom stereocenters. The maximum Gasteiger partial charge on any atom is 0.298 e. The highest BCUT2D eigenvalue weighted by atomic mass is 19.3. The van der Waals surface area contributed by atoms with Crippen molar-refractivity contribution in [1.29, 1.82) is 0 Å². The van der Waals surface area contributed by atoms with Gasteiger partial charge in [0.25, 0.3) is 12.3 Å². The van der Waals surface area contributed by atoms with Crippen LogP contribution in [0.15, 0.2) is 41.2 Å². The summed E-state index contributed by atoms with van der Waals surface area (Å²) in [6.45, 7) is 2.84. The number of rotatable bonds is 7. The van der Waals surface area contributed by atoms with E-state index in [1.165, 1.54) is 18.5 Å². The molecule has 1 amide bonds. The lowest BCUT2D eigenvalue weighted by atomic mass is 10.1. The number of amides is 1. The molecule has 32 heavy (non-hydrogen) atoms. The summed E-state index contributed by atoms with van der Waals surface area (Å²) in [5, 5.41) is 6.73. The molecule has 1 aliphatic heterocycles. The van der Waals surface area contributed by atoms with Gasteiger partial charge in [0.05, 0.1) is 11.1 Å². The van der Waals surface area contributed by atoms with Crippen LogP contribution >= 0.6 is 0 Å². The third-order valence-electron chi connectivity index (χ3n) is 5.12. The summed E-state index contributed by atoms with van der Waals surface area (Å²) in [4.78, 5) is 20.7. The summed E-state index contributed by atoms with van der Waals surface area (Å²) in [5.74, 6) is -0.612. The quantitative estimate of drug-likeness (QED) is 0.591. The Morgan fingerprint density at radius 1 is 1.19 bits per heavy atom. The van der Waals surface area contributed by atoms with Crippen LogP contribution in [0.2, 0.25) is 0 Å². The number of nitrogens with zero attached hydrogens (tertiary/aromatic N) is 3. The molecule has 4 rings (SSSR count). The zero-order valence-corrected chi connectivity index (χ0v) is 17.4. The van der Waals surface area contributed by atoms with Crippen LogP contribution in [0.4, 0.5) is 8.78 Å². The molecule has 0 saturated carbocycles. The Kier molecular flexibility index (Phi) is 6.69. The van der Waals surface area contributed by atoms with Crippen molar-refractivity contribution in [3.05, 3.63) is 59.2 Å². The van der Waals surface area contributed by atoms with Crippen molar-refractivity contribution in [2.45, 2.75) is 38.8 Å². The van der Waals surface area contributed by atoms with E-state index in [1.807, 2.05) is 6.92 Å². The Morgan fingerprint density at radius 3 is 2.66 bits per heavy atom. The highest BCUT2D eigenvalue weighted by Crippen LogP contribution is 2.32. The van der Waals surface area contributed by atoms with E-state index in [0.717, 1.165) is 18.5 Å². The van der Waals surface area contributed by atoms with Crippen LogP contribution in [0.25, 0.3) is 11.3 Å². The van der Waals surface area contributed by atoms with E-state index in [0.29, 0.717) is 24.3 Å². The van der Waals surface area contributed by atoms with Crippen LogP contribution < -0.4 is 10.1 Å². The van der Waals surface area contributed by atoms with E-state index >= 15 is 0 Å². The van der Waals surface area contributed by atoms with Gasteiger partial charge in [-0.1, -0.05) is 5.16 Å². The first-order valence-corrected chi connectivity index (χ1v) is 10.2. The van der Waals surface area contributed by atoms with Crippen LogP contribution in [0.1, 0.15) is 46.6 Å². The molecule has 1 N–H and O–H groups in total. The first kappa shape index (κ1) is 21.8. The van der Waals surface area contributed by atoms with E-state index in [4.69, 9.17) is 14.0 Å². The fourth-order valence-electron chi connectivity index (χ4n) is 3.32. The maximum absolute atomic E-state index is 13.4. The van der Waals surface area contributed by atoms with Crippen LogP contribution in [-0.4, -0.2) is 40.3 Å². The third kappa shape index (κ3) is 5.08. The van der Waals surface area contributed by atoms with Crippen molar-refractivity contribution in [3.8, 4) is 17.1 Å². The number of pyridine rings is 2. The topological polar surface area (TPSA) is 99.4 Å². The second kappa shape index (κ2) is 9.82. The standard InChI is InChI=1S/C22H22F2N4O4/c1-13-2-3-14(10-25-13)19-17(20(21(23)24)32-28-19)12-31-18-5-4-15(11-26-18)22(29)27-16-6-8-30-9-7-16/h2-5,10-11,16,21H,6-9,12H2,1H3,(H,27,29). The van der Waals surface area contributed by atoms with Gasteiger partial charge in [0.1, 0.15) is 12.3 Å². The highest BCUT2D eigenvalue weighted by molar-refractivity contribution is 5.94. The number of carbonyl (C=O) groups is 1. The fraction of sp³-hybridized carbons (Fsp3) is 0.364. The maximum atomic E-state index is 13.4. The molecule has 0 aliphatic carbocycles. The van der Waals surface area contributed by atoms with Crippen LogP contribution in [0, 0.1) is 6.92 Å². The van der Waals surface area contributed by atoms with Gasteiger partial charge in [0, 0.05) is 49.0 Å². The largest absolute Gasteiger partial charge is 0.473 e. The van der Waals surface area contributed by atoms with Crippen molar-refractivity contribution < 1.29 is 27.6 Å². The summed E-state index contributed by atoms with van der Waals surface area (Å²) in [6, 6.07) is 6.64. The summed E-state index contributed by atoms with van der Waals surface area (Å²) < 4.78 is 42.6. The normalized spacial score (nSPS) is 14.5. The Balaban J connectivity index is 1.44. The number of aromatic nitrogens is 3. The zero-order valence-electron chi connectivity index (χ0n) is 17.4. The third-order valence-corrected chi connectivity index (χ3v) is 5.12. The Labute approximate surface area is 182 Å². The first-order valence-electron chi connectivity index (χ1n) is 10.2. The van der Waals surface area contributed by atoms with E-state index < -0.39 is 12.2 Å². The minimum Gasteiger partial charge on any atom is -0.473 e. The average molecular weight is 444 g/mol. The zero-order chi connectivity index (χ0) is 22.5. The highest BCUT2D eigenvalue weighted by Gasteiger charge is 2.25. The SMILES string of the molecule is Cc1ccc(-c2noc(C(F)F)c2COc2ccc(C(=O)NC3CCOCC3)cn2)cn1. The minimum absolute atomic E-state index is 0.0724. The summed E-state index contributed by atoms with van der Waals surface area (Å²) in [5.41, 5.74) is 2.06. The number of ether oxygens (including phenoxy) is 2. The van der Waals surface area contributed by atoms with Gasteiger partial charge in [-0.05, 0) is 38.0 Å². The summed E-state index contributed by atoms with van der Waals surface area (Å²) in [7, 11) is 0. The van der Waals surface area contributed by atoms with Gasteiger partial charge in [-0.25, -0.2) is 13.8 Å². The lowest BCUT2D eigenvalue weighted by Crippen LogP contribution is -2.38. The van der Waals surface area contributed by atoms with Crippen LogP contribution in [0.5, 0.6) is 5.88 Å². The molecule has 1 fully saturated rings. The number of carbonyl (C=O) groups excluding carboxylic acids is 1. The van der Waals surface area contributed by atoms with Gasteiger partial charge in [0.2, 0.25) is 11.6 Å². The Hall–Kier alpha value is -3.40. The lowest BCUT2D eigenvalue weighted by Gasteiger charge is -2.23. The molecule has 10 heteroatoms. The van der Waals surface area contributed by atoms with Crippen molar-refractivity contribution in [1.82, 2.24) is 20.4 Å². The number of hydrogen-bond acceptors (Lipinski definition) is 7. The Bertz CT molecular complexity index is 1050. The second-order valence-electron chi connectivity index (χ2n) is 7.40. The number of nitrogens with one attached hydrogen (secondary N) is 1. The molecule has 0 atom stereocenters. The van der Waals surface area contributed by atoms with E-state index in [1.54, 1.807) is 18.2 Å². The van der Waals surface area contributed by atoms with Gasteiger partial charge < -0.3 is 19.3 Å². The molecule has 3 aromatic rings. The number of halogens is 2. The molecular weight excluding hydrogens is 422 g/mol. The molecule has 1 aliphatic rings. The summed E-state index contributed by atoms with van der Waals surface area (Å²) in [6.07, 6.45) is 1.61. The molecule has 0 radical (unpaired) electrons. The molecule has 168 valence electrons. The molecule has 0 aromatic carbocycles. The van der Waals surface area contributed by atoms with E-state index in [9.17, 15) is 13.6 Å².